The minimum atomic E-state index is -0.680. The van der Waals surface area contributed by atoms with Crippen molar-refractivity contribution in [1.82, 2.24) is 14.9 Å². The molecule has 2 aromatic heterocycles. The lowest BCUT2D eigenvalue weighted by atomic mass is 10.1. The monoisotopic (exact) mass is 441 g/mol. The highest BCUT2D eigenvalue weighted by Crippen LogP contribution is 2.34. The number of aryl methyl sites for hydroxylation is 1. The van der Waals surface area contributed by atoms with Crippen molar-refractivity contribution >= 4 is 50.8 Å². The smallest absolute Gasteiger partial charge is 0.348 e. The number of non-ortho nitro benzene ring substituents is 1. The highest BCUT2D eigenvalue weighted by molar-refractivity contribution is 7.20. The van der Waals surface area contributed by atoms with E-state index in [-0.39, 0.29) is 41.6 Å². The summed E-state index contributed by atoms with van der Waals surface area (Å²) in [6.45, 7) is 3.36. The molecule has 0 unspecified atom stereocenters. The fraction of sp³-hybridized carbons (Fsp3) is 0.211. The second-order valence-electron chi connectivity index (χ2n) is 6.67. The molecule has 0 aliphatic carbocycles. The lowest BCUT2D eigenvalue weighted by molar-refractivity contribution is -0.384. The number of aromatic nitrogens is 2. The molecule has 11 nitrogen and oxygen atoms in total. The van der Waals surface area contributed by atoms with Gasteiger partial charge < -0.3 is 10.5 Å². The second-order valence-corrected chi connectivity index (χ2v) is 7.66. The van der Waals surface area contributed by atoms with Gasteiger partial charge in [-0.15, -0.1) is 11.3 Å². The lowest BCUT2D eigenvalue weighted by Gasteiger charge is -2.13. The summed E-state index contributed by atoms with van der Waals surface area (Å²) in [5.41, 5.74) is 6.39. The number of fused-ring (bicyclic) bond motifs is 2. The van der Waals surface area contributed by atoms with E-state index in [0.717, 1.165) is 22.3 Å². The largest absolute Gasteiger partial charge is 0.462 e. The van der Waals surface area contributed by atoms with Crippen LogP contribution in [0.3, 0.4) is 0 Å². The Labute approximate surface area is 178 Å². The van der Waals surface area contributed by atoms with Crippen molar-refractivity contribution in [1.29, 1.82) is 0 Å². The number of nitro benzene ring substituents is 1. The third-order valence-corrected chi connectivity index (χ3v) is 5.96. The van der Waals surface area contributed by atoms with Crippen LogP contribution in [0.4, 0.5) is 11.5 Å². The Kier molecular flexibility index (Phi) is 4.85. The summed E-state index contributed by atoms with van der Waals surface area (Å²) in [7, 11) is 0. The Morgan fingerprint density at radius 1 is 1.26 bits per heavy atom. The van der Waals surface area contributed by atoms with Crippen LogP contribution in [0, 0.1) is 17.0 Å². The Morgan fingerprint density at radius 2 is 1.97 bits per heavy atom. The van der Waals surface area contributed by atoms with Crippen LogP contribution in [0.15, 0.2) is 18.2 Å². The average Bonchev–Trinajstić information content (AvgIpc) is 3.18. The molecule has 4 rings (SSSR count). The Morgan fingerprint density at radius 3 is 2.65 bits per heavy atom. The van der Waals surface area contributed by atoms with E-state index in [4.69, 9.17) is 10.5 Å². The number of hydrogen-bond donors (Lipinski definition) is 1. The zero-order valence-electron chi connectivity index (χ0n) is 16.4. The molecule has 0 saturated heterocycles. The lowest BCUT2D eigenvalue weighted by Crippen LogP contribution is -2.30. The number of carbonyl (C=O) groups excluding carboxylic acids is 3. The van der Waals surface area contributed by atoms with Gasteiger partial charge in [-0.05, 0) is 25.5 Å². The number of nitrogens with zero attached hydrogens (tertiary/aromatic N) is 4. The number of hydrogen-bond acceptors (Lipinski definition) is 10. The summed E-state index contributed by atoms with van der Waals surface area (Å²) in [5.74, 6) is -1.57. The van der Waals surface area contributed by atoms with E-state index < -0.39 is 22.7 Å². The van der Waals surface area contributed by atoms with E-state index >= 15 is 0 Å². The van der Waals surface area contributed by atoms with Crippen molar-refractivity contribution in [2.75, 3.05) is 12.3 Å². The van der Waals surface area contributed by atoms with Crippen LogP contribution in [-0.4, -0.2) is 44.2 Å². The fourth-order valence-electron chi connectivity index (χ4n) is 3.36. The molecule has 0 spiro atoms. The first-order chi connectivity index (χ1) is 14.7. The number of anilines is 1. The highest BCUT2D eigenvalue weighted by atomic mass is 32.1. The van der Waals surface area contributed by atoms with Crippen LogP contribution in [-0.2, 0) is 11.3 Å². The number of nitrogen functional groups attached to an aromatic ring is 1. The van der Waals surface area contributed by atoms with E-state index in [1.165, 1.54) is 12.1 Å². The predicted octanol–water partition coefficient (Wildman–Crippen LogP) is 2.46. The summed E-state index contributed by atoms with van der Waals surface area (Å²) in [5, 5.41) is 11.5. The SMILES string of the molecule is CCOC(=O)c1sc2nc(CN3C(=O)c4ccc([N+](=O)[O-])cc4C3=O)nc(N)c2c1C. The molecule has 0 atom stereocenters. The number of benzene rings is 1. The summed E-state index contributed by atoms with van der Waals surface area (Å²) >= 11 is 1.08. The number of carbonyl (C=O) groups is 3. The Balaban J connectivity index is 1.69. The molecule has 2 N–H and O–H groups in total. The van der Waals surface area contributed by atoms with Crippen molar-refractivity contribution in [2.45, 2.75) is 20.4 Å². The number of esters is 1. The third-order valence-electron chi connectivity index (χ3n) is 4.79. The molecule has 1 aromatic carbocycles. The quantitative estimate of drug-likeness (QED) is 0.271. The van der Waals surface area contributed by atoms with Crippen LogP contribution in [0.5, 0.6) is 0 Å². The number of nitro groups is 1. The van der Waals surface area contributed by atoms with E-state index in [1.807, 2.05) is 0 Å². The summed E-state index contributed by atoms with van der Waals surface area (Å²) < 4.78 is 5.04. The molecule has 0 bridgehead atoms. The average molecular weight is 441 g/mol. The second kappa shape index (κ2) is 7.40. The van der Waals surface area contributed by atoms with Crippen LogP contribution in [0.25, 0.3) is 10.2 Å². The van der Waals surface area contributed by atoms with E-state index in [1.54, 1.807) is 13.8 Å². The van der Waals surface area contributed by atoms with Crippen LogP contribution in [0.1, 0.15) is 48.7 Å². The number of nitrogens with two attached hydrogens (primary N) is 1. The number of rotatable bonds is 5. The number of ether oxygens (including phenoxy) is 1. The van der Waals surface area contributed by atoms with Gasteiger partial charge in [0.15, 0.2) is 5.82 Å². The molecule has 1 aliphatic heterocycles. The van der Waals surface area contributed by atoms with E-state index in [9.17, 15) is 24.5 Å². The van der Waals surface area contributed by atoms with Gasteiger partial charge in [0.2, 0.25) is 0 Å². The van der Waals surface area contributed by atoms with Crippen molar-refractivity contribution in [3.05, 3.63) is 55.7 Å². The summed E-state index contributed by atoms with van der Waals surface area (Å²) in [6, 6.07) is 3.49. The molecule has 2 amide bonds. The summed E-state index contributed by atoms with van der Waals surface area (Å²) in [6.07, 6.45) is 0. The van der Waals surface area contributed by atoms with Crippen molar-refractivity contribution in [3.8, 4) is 0 Å². The first-order valence-corrected chi connectivity index (χ1v) is 9.91. The topological polar surface area (TPSA) is 159 Å². The summed E-state index contributed by atoms with van der Waals surface area (Å²) in [4.78, 5) is 58.1. The van der Waals surface area contributed by atoms with Crippen LogP contribution >= 0.6 is 11.3 Å². The maximum atomic E-state index is 12.7. The fourth-order valence-corrected chi connectivity index (χ4v) is 4.46. The number of amides is 2. The molecule has 1 aliphatic rings. The van der Waals surface area contributed by atoms with Gasteiger partial charge in [-0.3, -0.25) is 24.6 Å². The zero-order valence-corrected chi connectivity index (χ0v) is 17.2. The molecule has 158 valence electrons. The molecule has 3 aromatic rings. The molecule has 0 fully saturated rings. The van der Waals surface area contributed by atoms with Crippen molar-refractivity contribution in [3.63, 3.8) is 0 Å². The van der Waals surface area contributed by atoms with Gasteiger partial charge >= 0.3 is 5.97 Å². The third kappa shape index (κ3) is 3.26. The molecule has 12 heteroatoms. The Bertz CT molecular complexity index is 1300. The molecule has 31 heavy (non-hydrogen) atoms. The first-order valence-electron chi connectivity index (χ1n) is 9.10. The molecule has 0 saturated carbocycles. The normalized spacial score (nSPS) is 13.0. The first kappa shape index (κ1) is 20.3. The minimum absolute atomic E-state index is 0.0511. The highest BCUT2D eigenvalue weighted by Gasteiger charge is 2.37. The maximum absolute atomic E-state index is 12.7. The molecule has 0 radical (unpaired) electrons. The molecule has 3 heterocycles. The predicted molar refractivity (Wildman–Crippen MR) is 110 cm³/mol. The van der Waals surface area contributed by atoms with Crippen molar-refractivity contribution in [2.24, 2.45) is 0 Å². The van der Waals surface area contributed by atoms with Gasteiger partial charge in [-0.25, -0.2) is 14.8 Å². The van der Waals surface area contributed by atoms with Gasteiger partial charge in [0.1, 0.15) is 15.5 Å². The van der Waals surface area contributed by atoms with Crippen LogP contribution in [0.2, 0.25) is 0 Å². The number of thiophene rings is 1. The van der Waals surface area contributed by atoms with Crippen molar-refractivity contribution < 1.29 is 24.0 Å². The van der Waals surface area contributed by atoms with Gasteiger partial charge in [-0.1, -0.05) is 0 Å². The van der Waals surface area contributed by atoms with E-state index in [2.05, 4.69) is 9.97 Å². The molecular formula is C19H15N5O6S. The minimum Gasteiger partial charge on any atom is -0.462 e. The standard InChI is InChI=1S/C19H15N5O6S/c1-3-30-19(27)14-8(2)13-15(20)21-12(22-16(13)31-14)7-23-17(25)10-5-4-9(24(28)29)6-11(10)18(23)26/h4-6H,3,7H2,1-2H3,(H2,20,21,22). The Hall–Kier alpha value is -3.93. The van der Waals surface area contributed by atoms with E-state index in [0.29, 0.717) is 20.7 Å². The van der Waals surface area contributed by atoms with Gasteiger partial charge in [0.25, 0.3) is 17.5 Å². The number of imide groups is 1. The zero-order chi connectivity index (χ0) is 22.4. The maximum Gasteiger partial charge on any atom is 0.348 e. The van der Waals surface area contributed by atoms with Crippen LogP contribution < -0.4 is 5.73 Å². The van der Waals surface area contributed by atoms with Gasteiger partial charge in [0, 0.05) is 12.1 Å². The molecular weight excluding hydrogens is 426 g/mol. The van der Waals surface area contributed by atoms with Gasteiger partial charge in [-0.2, -0.15) is 0 Å². The van der Waals surface area contributed by atoms with Gasteiger partial charge in [0.05, 0.1) is 34.6 Å².